The molecule has 0 unspecified atom stereocenters. The molecule has 144 valence electrons. The largest absolute Gasteiger partial charge is 0.391 e. The van der Waals surface area contributed by atoms with E-state index in [1.807, 2.05) is 10.9 Å². The van der Waals surface area contributed by atoms with Crippen molar-refractivity contribution in [3.8, 4) is 0 Å². The molecule has 3 N–H and O–H groups in total. The molecular weight excluding hydrogens is 348 g/mol. The predicted molar refractivity (Wildman–Crippen MR) is 96.4 cm³/mol. The average Bonchev–Trinajstić information content (AvgIpc) is 3.33. The Morgan fingerprint density at radius 2 is 2.22 bits per heavy atom. The summed E-state index contributed by atoms with van der Waals surface area (Å²) in [6, 6.07) is 0.0881. The minimum Gasteiger partial charge on any atom is -0.391 e. The fourth-order valence-electron chi connectivity index (χ4n) is 3.81. The summed E-state index contributed by atoms with van der Waals surface area (Å²) in [6.45, 7) is 2.08. The highest BCUT2D eigenvalue weighted by atomic mass is 16.5. The lowest BCUT2D eigenvalue weighted by molar-refractivity contribution is 0.0694. The van der Waals surface area contributed by atoms with Crippen LogP contribution in [-0.4, -0.2) is 55.0 Å². The van der Waals surface area contributed by atoms with Crippen LogP contribution in [0.1, 0.15) is 60.2 Å². The van der Waals surface area contributed by atoms with Gasteiger partial charge in [0.05, 0.1) is 24.9 Å². The fourth-order valence-corrected chi connectivity index (χ4v) is 3.81. The van der Waals surface area contributed by atoms with Crippen molar-refractivity contribution in [2.24, 2.45) is 5.73 Å². The summed E-state index contributed by atoms with van der Waals surface area (Å²) in [5.41, 5.74) is 7.50. The van der Waals surface area contributed by atoms with Gasteiger partial charge in [0.15, 0.2) is 0 Å². The van der Waals surface area contributed by atoms with Crippen LogP contribution in [0.15, 0.2) is 23.0 Å². The molecule has 3 heterocycles. The highest BCUT2D eigenvalue weighted by Gasteiger charge is 2.26. The van der Waals surface area contributed by atoms with Crippen molar-refractivity contribution >= 4 is 11.5 Å². The average molecular weight is 372 g/mol. The molecule has 0 bridgehead atoms. The number of rotatable bonds is 5. The quantitative estimate of drug-likeness (QED) is 0.806. The molecule has 2 aromatic rings. The molecule has 2 aromatic heterocycles. The van der Waals surface area contributed by atoms with Gasteiger partial charge < -0.3 is 15.4 Å². The molecule has 1 amide bonds. The Morgan fingerprint density at radius 3 is 2.93 bits per heavy atom. The molecule has 1 aliphatic heterocycles. The lowest BCUT2D eigenvalue weighted by atomic mass is 9.93. The lowest BCUT2D eigenvalue weighted by Crippen LogP contribution is -2.28. The van der Waals surface area contributed by atoms with Gasteiger partial charge in [0.25, 0.3) is 11.7 Å². The van der Waals surface area contributed by atoms with Crippen molar-refractivity contribution in [3.63, 3.8) is 0 Å². The first-order chi connectivity index (χ1) is 13.1. The normalized spacial score (nSPS) is 24.0. The Labute approximate surface area is 156 Å². The van der Waals surface area contributed by atoms with Crippen LogP contribution in [0.5, 0.6) is 0 Å². The van der Waals surface area contributed by atoms with Crippen LogP contribution in [0.4, 0.5) is 0 Å². The second-order valence-corrected chi connectivity index (χ2v) is 7.22. The number of nitrogens with zero attached hydrogens (tertiary/aromatic N) is 5. The molecule has 27 heavy (non-hydrogen) atoms. The maximum atomic E-state index is 11.0. The molecule has 0 spiro atoms. The van der Waals surface area contributed by atoms with Crippen molar-refractivity contribution in [1.82, 2.24) is 24.8 Å². The van der Waals surface area contributed by atoms with E-state index < -0.39 is 5.91 Å². The van der Waals surface area contributed by atoms with Gasteiger partial charge in [-0.1, -0.05) is 24.1 Å². The Hall–Kier alpha value is -2.52. The van der Waals surface area contributed by atoms with Crippen molar-refractivity contribution < 1.29 is 14.4 Å². The minimum absolute atomic E-state index is 0.0874. The maximum Gasteiger partial charge on any atom is 0.290 e. The second kappa shape index (κ2) is 7.61. The van der Waals surface area contributed by atoms with Crippen LogP contribution in [0.25, 0.3) is 5.57 Å². The Balaban J connectivity index is 1.38. The van der Waals surface area contributed by atoms with Crippen LogP contribution in [0.2, 0.25) is 0 Å². The van der Waals surface area contributed by atoms with Gasteiger partial charge in [0.1, 0.15) is 0 Å². The van der Waals surface area contributed by atoms with Gasteiger partial charge in [-0.25, -0.2) is 0 Å². The Morgan fingerprint density at radius 1 is 1.37 bits per heavy atom. The molecule has 0 radical (unpaired) electrons. The summed E-state index contributed by atoms with van der Waals surface area (Å²) in [6.07, 6.45) is 10.8. The Kier molecular flexibility index (Phi) is 5.04. The topological polar surface area (TPSA) is 123 Å². The molecule has 1 fully saturated rings. The summed E-state index contributed by atoms with van der Waals surface area (Å²) in [7, 11) is 0. The molecule has 2 aliphatic rings. The number of aliphatic hydroxyl groups is 1. The summed E-state index contributed by atoms with van der Waals surface area (Å²) in [5.74, 6) is -0.388. The van der Waals surface area contributed by atoms with E-state index >= 15 is 0 Å². The minimum atomic E-state index is -0.689. The summed E-state index contributed by atoms with van der Waals surface area (Å²) in [4.78, 5) is 17.2. The summed E-state index contributed by atoms with van der Waals surface area (Å²) >= 11 is 0. The first-order valence-electron chi connectivity index (χ1n) is 9.36. The van der Waals surface area contributed by atoms with E-state index in [1.54, 1.807) is 0 Å². The van der Waals surface area contributed by atoms with Gasteiger partial charge in [-0.15, -0.1) is 0 Å². The van der Waals surface area contributed by atoms with Crippen LogP contribution >= 0.6 is 0 Å². The number of nitrogens with two attached hydrogens (primary N) is 1. The summed E-state index contributed by atoms with van der Waals surface area (Å²) < 4.78 is 6.99. The molecule has 0 aromatic carbocycles. The number of aromatic nitrogens is 4. The first kappa shape index (κ1) is 17.9. The number of amides is 1. The molecule has 2 atom stereocenters. The lowest BCUT2D eigenvalue weighted by Gasteiger charge is -2.27. The molecule has 4 rings (SSSR count). The van der Waals surface area contributed by atoms with Gasteiger partial charge in [0, 0.05) is 24.8 Å². The van der Waals surface area contributed by atoms with Gasteiger partial charge in [-0.2, -0.15) is 10.1 Å². The van der Waals surface area contributed by atoms with Gasteiger partial charge in [-0.3, -0.25) is 14.4 Å². The highest BCUT2D eigenvalue weighted by Crippen LogP contribution is 2.30. The zero-order valence-corrected chi connectivity index (χ0v) is 15.1. The van der Waals surface area contributed by atoms with E-state index in [-0.39, 0.29) is 18.0 Å². The molecular formula is C18H24N6O3. The van der Waals surface area contributed by atoms with Gasteiger partial charge >= 0.3 is 0 Å². The number of hydrogen-bond donors (Lipinski definition) is 2. The number of carbonyl (C=O) groups is 1. The van der Waals surface area contributed by atoms with Crippen molar-refractivity contribution in [3.05, 3.63) is 35.7 Å². The highest BCUT2D eigenvalue weighted by molar-refractivity contribution is 5.88. The standard InChI is InChI=1S/C18H24N6O3/c19-17(26)18-21-16(27-22-18)11-23-7-5-12(6-8-23)13-9-20-24(10-13)14-3-1-2-4-15(14)25/h5,9-10,14-15,25H,1-4,6-8,11H2,(H2,19,26)/t14-,15-/m1/s1. The van der Waals surface area contributed by atoms with Crippen molar-refractivity contribution in [2.45, 2.75) is 50.8 Å². The zero-order valence-electron chi connectivity index (χ0n) is 15.1. The second-order valence-electron chi connectivity index (χ2n) is 7.22. The predicted octanol–water partition coefficient (Wildman–Crippen LogP) is 1.13. The number of primary amides is 1. The maximum absolute atomic E-state index is 11.0. The molecule has 9 heteroatoms. The van der Waals surface area contributed by atoms with E-state index in [9.17, 15) is 9.90 Å². The van der Waals surface area contributed by atoms with E-state index in [0.29, 0.717) is 12.4 Å². The molecule has 9 nitrogen and oxygen atoms in total. The zero-order chi connectivity index (χ0) is 18.8. The summed E-state index contributed by atoms with van der Waals surface area (Å²) in [5, 5.41) is 18.3. The van der Waals surface area contributed by atoms with Crippen LogP contribution in [-0.2, 0) is 6.54 Å². The van der Waals surface area contributed by atoms with Crippen molar-refractivity contribution in [1.29, 1.82) is 0 Å². The first-order valence-corrected chi connectivity index (χ1v) is 9.36. The number of aliphatic hydroxyl groups excluding tert-OH is 1. The van der Waals surface area contributed by atoms with Gasteiger partial charge in [0.2, 0.25) is 5.89 Å². The van der Waals surface area contributed by atoms with Gasteiger partial charge in [-0.05, 0) is 24.8 Å². The van der Waals surface area contributed by atoms with Crippen LogP contribution in [0.3, 0.4) is 0 Å². The van der Waals surface area contributed by atoms with E-state index in [2.05, 4.69) is 32.4 Å². The molecule has 0 saturated heterocycles. The SMILES string of the molecule is NC(=O)c1noc(CN2CC=C(c3cnn([C@@H]4CCCC[C@H]4O)c3)CC2)n1. The Bertz CT molecular complexity index is 842. The van der Waals surface area contributed by atoms with E-state index in [4.69, 9.17) is 10.3 Å². The molecule has 1 saturated carbocycles. The third kappa shape index (κ3) is 3.93. The van der Waals surface area contributed by atoms with E-state index in [1.165, 1.54) is 5.57 Å². The van der Waals surface area contributed by atoms with E-state index in [0.717, 1.165) is 50.8 Å². The third-order valence-electron chi connectivity index (χ3n) is 5.35. The monoisotopic (exact) mass is 372 g/mol. The number of carbonyl (C=O) groups excluding carboxylic acids is 1. The molecule has 1 aliphatic carbocycles. The van der Waals surface area contributed by atoms with Crippen LogP contribution < -0.4 is 5.73 Å². The third-order valence-corrected chi connectivity index (χ3v) is 5.35. The smallest absolute Gasteiger partial charge is 0.290 e. The van der Waals surface area contributed by atoms with Crippen LogP contribution in [0, 0.1) is 0 Å². The fraction of sp³-hybridized carbons (Fsp3) is 0.556. The number of hydrogen-bond acceptors (Lipinski definition) is 7. The van der Waals surface area contributed by atoms with Crippen molar-refractivity contribution in [2.75, 3.05) is 13.1 Å².